The lowest BCUT2D eigenvalue weighted by molar-refractivity contribution is 0.310. The molecule has 0 radical (unpaired) electrons. The number of sulfonamides is 4. The van der Waals surface area contributed by atoms with Crippen molar-refractivity contribution in [2.24, 2.45) is 0 Å². The molecule has 1 fully saturated rings. The molecule has 0 aromatic heterocycles. The van der Waals surface area contributed by atoms with Crippen molar-refractivity contribution in [2.45, 2.75) is 118 Å². The van der Waals surface area contributed by atoms with Gasteiger partial charge in [-0.3, -0.25) is 0 Å². The van der Waals surface area contributed by atoms with E-state index in [2.05, 4.69) is 0 Å². The molecule has 4 aromatic carbocycles. The van der Waals surface area contributed by atoms with Crippen LogP contribution in [0.2, 0.25) is 0 Å². The van der Waals surface area contributed by atoms with E-state index in [9.17, 15) is 33.7 Å². The molecule has 0 atom stereocenters. The van der Waals surface area contributed by atoms with Crippen molar-refractivity contribution in [3.63, 3.8) is 0 Å². The van der Waals surface area contributed by atoms with Crippen LogP contribution in [0.5, 0.6) is 0 Å². The Hall–Kier alpha value is -3.48. The predicted molar refractivity (Wildman–Crippen MR) is 251 cm³/mol. The number of hydrogen-bond donors (Lipinski definition) is 0. The Labute approximate surface area is 378 Å². The molecule has 1 saturated heterocycles. The van der Waals surface area contributed by atoms with Crippen molar-refractivity contribution >= 4 is 40.1 Å². The van der Waals surface area contributed by atoms with Crippen molar-refractivity contribution in [1.29, 1.82) is 0 Å². The first-order chi connectivity index (χ1) is 29.9. The highest BCUT2D eigenvalue weighted by Crippen LogP contribution is 2.24. The van der Waals surface area contributed by atoms with E-state index in [1.54, 1.807) is 72.8 Å². The summed E-state index contributed by atoms with van der Waals surface area (Å²) in [5, 5.41) is 0. The van der Waals surface area contributed by atoms with Crippen molar-refractivity contribution in [3.8, 4) is 0 Å². The molecule has 1 aliphatic heterocycles. The van der Waals surface area contributed by atoms with Gasteiger partial charge in [0.15, 0.2) is 0 Å². The second-order valence-electron chi connectivity index (χ2n) is 16.8. The van der Waals surface area contributed by atoms with Crippen LogP contribution in [0.4, 0.5) is 0 Å². The van der Waals surface area contributed by atoms with E-state index < -0.39 is 40.1 Å². The normalized spacial score (nSPS) is 18.5. The van der Waals surface area contributed by atoms with E-state index in [1.165, 1.54) is 41.5 Å². The highest BCUT2D eigenvalue weighted by molar-refractivity contribution is 7.90. The second-order valence-corrected chi connectivity index (χ2v) is 24.5. The molecular formula is C47H66N4O8S4. The fraction of sp³-hybridized carbons (Fsp3) is 0.489. The van der Waals surface area contributed by atoms with Crippen LogP contribution in [0.15, 0.2) is 117 Å². The van der Waals surface area contributed by atoms with Gasteiger partial charge in [-0.05, 0) is 95.5 Å². The van der Waals surface area contributed by atoms with Crippen LogP contribution in [0.3, 0.4) is 0 Å². The summed E-state index contributed by atoms with van der Waals surface area (Å²) in [6.45, 7) is 7.09. The average molecular weight is 943 g/mol. The van der Waals surface area contributed by atoms with Crippen molar-refractivity contribution in [3.05, 3.63) is 119 Å². The zero-order chi connectivity index (χ0) is 45.7. The van der Waals surface area contributed by atoms with Crippen LogP contribution in [-0.2, 0) is 40.1 Å². The third-order valence-electron chi connectivity index (χ3n) is 11.7. The molecule has 1 aliphatic rings. The molecule has 0 unspecified atom stereocenters. The third kappa shape index (κ3) is 14.0. The number of rotatable bonds is 8. The molecule has 0 aliphatic carbocycles. The lowest BCUT2D eigenvalue weighted by Crippen LogP contribution is -2.44. The van der Waals surface area contributed by atoms with Crippen molar-refractivity contribution < 1.29 is 33.7 Å². The van der Waals surface area contributed by atoms with E-state index in [0.717, 1.165) is 73.6 Å². The number of hydrogen-bond acceptors (Lipinski definition) is 8. The van der Waals surface area contributed by atoms with Gasteiger partial charge in [0.1, 0.15) is 0 Å². The smallest absolute Gasteiger partial charge is 0.207 e. The van der Waals surface area contributed by atoms with Crippen LogP contribution in [0.1, 0.15) is 92.9 Å². The predicted octanol–water partition coefficient (Wildman–Crippen LogP) is 8.29. The maximum absolute atomic E-state index is 14.4. The highest BCUT2D eigenvalue weighted by atomic mass is 32.2. The highest BCUT2D eigenvalue weighted by Gasteiger charge is 2.32. The van der Waals surface area contributed by atoms with Crippen LogP contribution in [-0.4, -0.2) is 103 Å². The van der Waals surface area contributed by atoms with Gasteiger partial charge < -0.3 is 0 Å². The maximum Gasteiger partial charge on any atom is 0.243 e. The van der Waals surface area contributed by atoms with Crippen LogP contribution in [0, 0.1) is 27.7 Å². The summed E-state index contributed by atoms with van der Waals surface area (Å²) in [7, 11) is -16.4. The van der Waals surface area contributed by atoms with E-state index >= 15 is 0 Å². The SMILES string of the molecule is Cc1ccc(S(=O)(=O)N2CCCCCCCCCCCCN(S(=O)(=O)c3ccc(C)cc3)CCN(S(=O)(=O)c3ccc(C)cc3)CCCN(S(=O)(=O)c3ccc(C)cc3)CC2)cc1. The zero-order valence-electron chi connectivity index (χ0n) is 37.4. The van der Waals surface area contributed by atoms with Gasteiger partial charge in [0, 0.05) is 52.4 Å². The van der Waals surface area contributed by atoms with Gasteiger partial charge in [0.05, 0.1) is 19.6 Å². The first kappa shape index (κ1) is 50.5. The first-order valence-corrected chi connectivity index (χ1v) is 28.0. The van der Waals surface area contributed by atoms with Gasteiger partial charge in [-0.25, -0.2) is 33.7 Å². The first-order valence-electron chi connectivity index (χ1n) is 22.2. The summed E-state index contributed by atoms with van der Waals surface area (Å²) in [5.41, 5.74) is 3.56. The minimum absolute atomic E-state index is 0.0412. The molecule has 1 heterocycles. The molecule has 12 nitrogen and oxygen atoms in total. The fourth-order valence-electron chi connectivity index (χ4n) is 7.71. The molecule has 0 N–H and O–H groups in total. The lowest BCUT2D eigenvalue weighted by Gasteiger charge is -2.29. The Morgan fingerprint density at radius 2 is 0.429 bits per heavy atom. The lowest BCUT2D eigenvalue weighted by atomic mass is 10.1. The molecule has 63 heavy (non-hydrogen) atoms. The summed E-state index contributed by atoms with van der Waals surface area (Å²) < 4.78 is 120. The average Bonchev–Trinajstić information content (AvgIpc) is 3.24. The summed E-state index contributed by atoms with van der Waals surface area (Å²) in [4.78, 5) is 0.349. The largest absolute Gasteiger partial charge is 0.243 e. The second kappa shape index (κ2) is 23.1. The zero-order valence-corrected chi connectivity index (χ0v) is 40.6. The number of benzene rings is 4. The Morgan fingerprint density at radius 1 is 0.254 bits per heavy atom. The van der Waals surface area contributed by atoms with Crippen molar-refractivity contribution in [1.82, 2.24) is 17.2 Å². The van der Waals surface area contributed by atoms with Gasteiger partial charge in [-0.15, -0.1) is 0 Å². The molecule has 0 amide bonds. The quantitative estimate of drug-likeness (QED) is 0.171. The topological polar surface area (TPSA) is 150 Å². The minimum atomic E-state index is -4.18. The van der Waals surface area contributed by atoms with Crippen LogP contribution in [0.25, 0.3) is 0 Å². The molecule has 16 heteroatoms. The number of aryl methyl sites for hydroxylation is 4. The Kier molecular flexibility index (Phi) is 18.5. The van der Waals surface area contributed by atoms with E-state index in [-0.39, 0.29) is 78.4 Å². The van der Waals surface area contributed by atoms with Gasteiger partial charge >= 0.3 is 0 Å². The van der Waals surface area contributed by atoms with Gasteiger partial charge in [0.25, 0.3) is 0 Å². The fourth-order valence-corrected chi connectivity index (χ4v) is 13.6. The standard InChI is InChI=1S/C47H66N4O8S4/c1-40-16-24-44(25-17-40)60(52,53)48-32-13-11-9-7-5-6-8-10-12-14-33-49(61(54,55)45-26-18-41(2)19-27-45)37-39-51(63(58,59)47-30-22-43(4)23-31-47)35-15-34-50(38-36-48)62(56,57)46-28-20-42(3)21-29-46/h16-31H,5-15,32-39H2,1-4H3. The van der Waals surface area contributed by atoms with E-state index in [4.69, 9.17) is 0 Å². The van der Waals surface area contributed by atoms with E-state index in [0.29, 0.717) is 12.8 Å². The van der Waals surface area contributed by atoms with Gasteiger partial charge in [-0.2, -0.15) is 17.2 Å². The minimum Gasteiger partial charge on any atom is -0.207 e. The van der Waals surface area contributed by atoms with Crippen LogP contribution < -0.4 is 0 Å². The maximum atomic E-state index is 14.4. The van der Waals surface area contributed by atoms with E-state index in [1.807, 2.05) is 27.7 Å². The Bertz CT molecular complexity index is 2320. The summed E-state index contributed by atoms with van der Waals surface area (Å²) in [6.07, 6.45) is 8.91. The Balaban J connectivity index is 1.50. The number of nitrogens with zero attached hydrogens (tertiary/aromatic N) is 4. The molecular weight excluding hydrogens is 877 g/mol. The van der Waals surface area contributed by atoms with Crippen LogP contribution >= 0.6 is 0 Å². The molecule has 5 rings (SSSR count). The molecule has 346 valence electrons. The van der Waals surface area contributed by atoms with Crippen molar-refractivity contribution in [2.75, 3.05) is 52.4 Å². The summed E-state index contributed by atoms with van der Waals surface area (Å²) in [5.74, 6) is 0. The summed E-state index contributed by atoms with van der Waals surface area (Å²) in [6, 6.07) is 26.2. The molecule has 4 aromatic rings. The molecule has 0 bridgehead atoms. The molecule has 0 spiro atoms. The molecule has 0 saturated carbocycles. The summed E-state index contributed by atoms with van der Waals surface area (Å²) >= 11 is 0. The van der Waals surface area contributed by atoms with Gasteiger partial charge in [0.2, 0.25) is 40.1 Å². The Morgan fingerprint density at radius 3 is 0.635 bits per heavy atom. The third-order valence-corrected chi connectivity index (χ3v) is 19.4. The monoisotopic (exact) mass is 942 g/mol. The van der Waals surface area contributed by atoms with Gasteiger partial charge in [-0.1, -0.05) is 122 Å².